The zero-order valence-electron chi connectivity index (χ0n) is 6.14. The maximum atomic E-state index is 12.9. The third-order valence-electron chi connectivity index (χ3n) is 1.45. The first-order chi connectivity index (χ1) is 5.11. The van der Waals surface area contributed by atoms with Crippen LogP contribution in [0.2, 0.25) is 0 Å². The molecule has 0 fully saturated rings. The molecule has 60 valence electrons. The van der Waals surface area contributed by atoms with Crippen LogP contribution in [0.1, 0.15) is 18.5 Å². The van der Waals surface area contributed by atoms with Gasteiger partial charge in [-0.25, -0.2) is 4.39 Å². The molecule has 1 aromatic rings. The minimum absolute atomic E-state index is 0.247. The van der Waals surface area contributed by atoms with Crippen molar-refractivity contribution in [3.05, 3.63) is 34.1 Å². The largest absolute Gasteiger partial charge is 0.324 e. The number of hydrogen-bond acceptors (Lipinski definition) is 1. The molecule has 0 radical (unpaired) electrons. The number of benzene rings is 1. The van der Waals surface area contributed by atoms with Crippen LogP contribution < -0.4 is 5.73 Å². The van der Waals surface area contributed by atoms with E-state index >= 15 is 0 Å². The number of nitrogens with two attached hydrogens (primary N) is 1. The van der Waals surface area contributed by atoms with E-state index < -0.39 is 0 Å². The molecule has 0 heterocycles. The summed E-state index contributed by atoms with van der Waals surface area (Å²) >= 11 is 3.24. The highest BCUT2D eigenvalue weighted by atomic mass is 79.9. The average Bonchev–Trinajstić information content (AvgIpc) is 1.94. The van der Waals surface area contributed by atoms with Crippen LogP contribution in [0.15, 0.2) is 22.7 Å². The van der Waals surface area contributed by atoms with Crippen molar-refractivity contribution in [3.63, 3.8) is 0 Å². The van der Waals surface area contributed by atoms with Gasteiger partial charge in [-0.05, 0) is 25.1 Å². The van der Waals surface area contributed by atoms with Gasteiger partial charge < -0.3 is 5.73 Å². The molecule has 1 atom stereocenters. The summed E-state index contributed by atoms with van der Waals surface area (Å²) in [5.74, 6) is -0.247. The molecule has 0 aliphatic carbocycles. The van der Waals surface area contributed by atoms with Gasteiger partial charge in [-0.1, -0.05) is 15.9 Å². The Morgan fingerprint density at radius 1 is 1.55 bits per heavy atom. The molecule has 3 heteroatoms. The van der Waals surface area contributed by atoms with Gasteiger partial charge in [-0.15, -0.1) is 0 Å². The topological polar surface area (TPSA) is 26.0 Å². The Bertz CT molecular complexity index is 260. The lowest BCUT2D eigenvalue weighted by atomic mass is 10.1. The molecule has 0 bridgehead atoms. The molecule has 1 aromatic carbocycles. The maximum absolute atomic E-state index is 12.9. The van der Waals surface area contributed by atoms with E-state index in [1.54, 1.807) is 19.1 Å². The summed E-state index contributed by atoms with van der Waals surface area (Å²) < 4.78 is 13.8. The van der Waals surface area contributed by atoms with Gasteiger partial charge in [0.1, 0.15) is 5.82 Å². The summed E-state index contributed by atoms with van der Waals surface area (Å²) in [6, 6.07) is 4.50. The summed E-state index contributed by atoms with van der Waals surface area (Å²) in [6.45, 7) is 1.75. The molecule has 1 rings (SSSR count). The molecule has 0 aliphatic rings. The molecule has 0 unspecified atom stereocenters. The molecular formula is C8H9BrFN. The normalized spacial score (nSPS) is 13.1. The SMILES string of the molecule is C[C@H](N)c1cc(Br)ccc1F. The van der Waals surface area contributed by atoms with Crippen LogP contribution in [0.5, 0.6) is 0 Å². The van der Waals surface area contributed by atoms with Gasteiger partial charge in [-0.3, -0.25) is 0 Å². The molecular weight excluding hydrogens is 209 g/mol. The first-order valence-corrected chi connectivity index (χ1v) is 4.11. The minimum atomic E-state index is -0.257. The van der Waals surface area contributed by atoms with Crippen LogP contribution in [-0.4, -0.2) is 0 Å². The Morgan fingerprint density at radius 2 is 2.18 bits per heavy atom. The fourth-order valence-corrected chi connectivity index (χ4v) is 1.24. The highest BCUT2D eigenvalue weighted by Gasteiger charge is 2.05. The smallest absolute Gasteiger partial charge is 0.128 e. The van der Waals surface area contributed by atoms with Crippen molar-refractivity contribution in [2.45, 2.75) is 13.0 Å². The van der Waals surface area contributed by atoms with Gasteiger partial charge in [-0.2, -0.15) is 0 Å². The molecule has 0 saturated carbocycles. The molecule has 0 aromatic heterocycles. The van der Waals surface area contributed by atoms with Crippen molar-refractivity contribution in [3.8, 4) is 0 Å². The van der Waals surface area contributed by atoms with E-state index in [9.17, 15) is 4.39 Å². The quantitative estimate of drug-likeness (QED) is 0.770. The predicted octanol–water partition coefficient (Wildman–Crippen LogP) is 2.61. The zero-order chi connectivity index (χ0) is 8.43. The molecule has 0 aliphatic heterocycles. The lowest BCUT2D eigenvalue weighted by Crippen LogP contribution is -2.07. The number of rotatable bonds is 1. The highest BCUT2D eigenvalue weighted by molar-refractivity contribution is 9.10. The van der Waals surface area contributed by atoms with E-state index in [-0.39, 0.29) is 11.9 Å². The van der Waals surface area contributed by atoms with Crippen LogP contribution in [0, 0.1) is 5.82 Å². The van der Waals surface area contributed by atoms with E-state index in [2.05, 4.69) is 15.9 Å². The van der Waals surface area contributed by atoms with Crippen molar-refractivity contribution in [2.24, 2.45) is 5.73 Å². The van der Waals surface area contributed by atoms with Gasteiger partial charge >= 0.3 is 0 Å². The van der Waals surface area contributed by atoms with Crippen molar-refractivity contribution in [1.29, 1.82) is 0 Å². The van der Waals surface area contributed by atoms with Crippen molar-refractivity contribution < 1.29 is 4.39 Å². The molecule has 0 spiro atoms. The van der Waals surface area contributed by atoms with E-state index in [4.69, 9.17) is 5.73 Å². The fourth-order valence-electron chi connectivity index (χ4n) is 0.864. The third kappa shape index (κ3) is 2.01. The monoisotopic (exact) mass is 217 g/mol. The third-order valence-corrected chi connectivity index (χ3v) is 1.94. The van der Waals surface area contributed by atoms with Crippen molar-refractivity contribution in [2.75, 3.05) is 0 Å². The summed E-state index contributed by atoms with van der Waals surface area (Å²) in [6.07, 6.45) is 0. The highest BCUT2D eigenvalue weighted by Crippen LogP contribution is 2.19. The summed E-state index contributed by atoms with van der Waals surface area (Å²) in [5.41, 5.74) is 6.06. The van der Waals surface area contributed by atoms with Gasteiger partial charge in [0, 0.05) is 16.1 Å². The van der Waals surface area contributed by atoms with E-state index in [1.165, 1.54) is 6.07 Å². The first kappa shape index (κ1) is 8.68. The van der Waals surface area contributed by atoms with Crippen LogP contribution in [0.3, 0.4) is 0 Å². The second-order valence-corrected chi connectivity index (χ2v) is 3.37. The Morgan fingerprint density at radius 3 is 2.64 bits per heavy atom. The standard InChI is InChI=1S/C8H9BrFN/c1-5(11)7-4-6(9)2-3-8(7)10/h2-5H,11H2,1H3/t5-/m0/s1. The zero-order valence-corrected chi connectivity index (χ0v) is 7.73. The molecule has 11 heavy (non-hydrogen) atoms. The predicted molar refractivity (Wildman–Crippen MR) is 46.7 cm³/mol. The van der Waals surface area contributed by atoms with E-state index in [0.29, 0.717) is 5.56 Å². The van der Waals surface area contributed by atoms with Gasteiger partial charge in [0.15, 0.2) is 0 Å². The Labute approximate surface area is 73.5 Å². The van der Waals surface area contributed by atoms with Crippen LogP contribution in [0.4, 0.5) is 4.39 Å². The Hall–Kier alpha value is -0.410. The number of hydrogen-bond donors (Lipinski definition) is 1. The van der Waals surface area contributed by atoms with Crippen LogP contribution >= 0.6 is 15.9 Å². The van der Waals surface area contributed by atoms with Crippen LogP contribution in [-0.2, 0) is 0 Å². The Balaban J connectivity index is 3.13. The lowest BCUT2D eigenvalue weighted by molar-refractivity contribution is 0.593. The summed E-state index contributed by atoms with van der Waals surface area (Å²) in [7, 11) is 0. The van der Waals surface area contributed by atoms with Gasteiger partial charge in [0.05, 0.1) is 0 Å². The lowest BCUT2D eigenvalue weighted by Gasteiger charge is -2.06. The van der Waals surface area contributed by atoms with Crippen molar-refractivity contribution >= 4 is 15.9 Å². The summed E-state index contributed by atoms with van der Waals surface area (Å²) in [4.78, 5) is 0. The molecule has 1 nitrogen and oxygen atoms in total. The first-order valence-electron chi connectivity index (χ1n) is 3.32. The number of halogens is 2. The van der Waals surface area contributed by atoms with Gasteiger partial charge in [0.25, 0.3) is 0 Å². The maximum Gasteiger partial charge on any atom is 0.128 e. The minimum Gasteiger partial charge on any atom is -0.324 e. The van der Waals surface area contributed by atoms with E-state index in [0.717, 1.165) is 4.47 Å². The van der Waals surface area contributed by atoms with Crippen LogP contribution in [0.25, 0.3) is 0 Å². The molecule has 2 N–H and O–H groups in total. The summed E-state index contributed by atoms with van der Waals surface area (Å²) in [5, 5.41) is 0. The second kappa shape index (κ2) is 3.32. The fraction of sp³-hybridized carbons (Fsp3) is 0.250. The second-order valence-electron chi connectivity index (χ2n) is 2.45. The van der Waals surface area contributed by atoms with Crippen molar-refractivity contribution in [1.82, 2.24) is 0 Å². The van der Waals surface area contributed by atoms with Gasteiger partial charge in [0.2, 0.25) is 0 Å². The molecule has 0 saturated heterocycles. The van der Waals surface area contributed by atoms with E-state index in [1.807, 2.05) is 0 Å². The Kier molecular flexibility index (Phi) is 2.62. The molecule has 0 amide bonds. The average molecular weight is 218 g/mol.